The number of nitrogens with one attached hydrogen (secondary N) is 1. The van der Waals surface area contributed by atoms with E-state index in [1.54, 1.807) is 11.3 Å². The summed E-state index contributed by atoms with van der Waals surface area (Å²) in [5.41, 5.74) is 6.49. The third kappa shape index (κ3) is 4.32. The van der Waals surface area contributed by atoms with E-state index in [1.807, 2.05) is 30.5 Å². The van der Waals surface area contributed by atoms with Crippen molar-refractivity contribution in [2.45, 2.75) is 33.4 Å². The van der Waals surface area contributed by atoms with Crippen molar-refractivity contribution in [3.05, 3.63) is 70.2 Å². The standard InChI is InChI=1S/C23H26N6OS/c1-15-7-8-29-19(17(3)25-22(29)11-15)12-28-9-10-30-20(13-28)18-5-4-6-21(26-18)27-23-24-16(2)14-31-23/h4-8,11,14,20H,9-10,12-13H2,1-3H3,(H,24,26,27)/t20-/m1/s1. The second-order valence-corrected chi connectivity index (χ2v) is 8.90. The molecule has 0 radical (unpaired) electrons. The monoisotopic (exact) mass is 434 g/mol. The molecule has 0 unspecified atom stereocenters. The van der Waals surface area contributed by atoms with Gasteiger partial charge < -0.3 is 14.5 Å². The fourth-order valence-electron chi connectivity index (χ4n) is 3.96. The Kier molecular flexibility index (Phi) is 5.43. The Bertz CT molecular complexity index is 1220. The van der Waals surface area contributed by atoms with Crippen LogP contribution in [0.5, 0.6) is 0 Å². The fraction of sp³-hybridized carbons (Fsp3) is 0.348. The van der Waals surface area contributed by atoms with Gasteiger partial charge in [-0.05, 0) is 50.6 Å². The van der Waals surface area contributed by atoms with Crippen molar-refractivity contribution in [3.63, 3.8) is 0 Å². The highest BCUT2D eigenvalue weighted by atomic mass is 32.1. The van der Waals surface area contributed by atoms with Crippen LogP contribution in [0.15, 0.2) is 41.9 Å². The Morgan fingerprint density at radius 2 is 2.06 bits per heavy atom. The van der Waals surface area contributed by atoms with Crippen LogP contribution < -0.4 is 5.32 Å². The van der Waals surface area contributed by atoms with Crippen LogP contribution in [-0.4, -0.2) is 43.9 Å². The molecular formula is C23H26N6OS. The van der Waals surface area contributed by atoms with Crippen LogP contribution in [0.3, 0.4) is 0 Å². The molecule has 0 aliphatic carbocycles. The first-order chi connectivity index (χ1) is 15.0. The number of pyridine rings is 2. The van der Waals surface area contributed by atoms with Gasteiger partial charge in [-0.25, -0.2) is 15.0 Å². The van der Waals surface area contributed by atoms with Gasteiger partial charge in [0, 0.05) is 31.2 Å². The summed E-state index contributed by atoms with van der Waals surface area (Å²) in [7, 11) is 0. The first-order valence-corrected chi connectivity index (χ1v) is 11.4. The maximum absolute atomic E-state index is 6.09. The number of thiazole rings is 1. The zero-order valence-corrected chi connectivity index (χ0v) is 18.8. The van der Waals surface area contributed by atoms with Crippen molar-refractivity contribution in [3.8, 4) is 0 Å². The Morgan fingerprint density at radius 1 is 1.16 bits per heavy atom. The largest absolute Gasteiger partial charge is 0.369 e. The van der Waals surface area contributed by atoms with E-state index in [1.165, 1.54) is 11.3 Å². The predicted octanol–water partition coefficient (Wildman–Crippen LogP) is 4.43. The molecule has 4 aromatic rings. The van der Waals surface area contributed by atoms with E-state index in [0.29, 0.717) is 6.61 Å². The smallest absolute Gasteiger partial charge is 0.188 e. The highest BCUT2D eigenvalue weighted by Gasteiger charge is 2.25. The molecule has 0 bridgehead atoms. The molecule has 1 fully saturated rings. The molecule has 1 saturated heterocycles. The van der Waals surface area contributed by atoms with Crippen molar-refractivity contribution in [2.24, 2.45) is 0 Å². The van der Waals surface area contributed by atoms with E-state index >= 15 is 0 Å². The lowest BCUT2D eigenvalue weighted by Crippen LogP contribution is -2.38. The number of fused-ring (bicyclic) bond motifs is 1. The predicted molar refractivity (Wildman–Crippen MR) is 123 cm³/mol. The van der Waals surface area contributed by atoms with Crippen LogP contribution >= 0.6 is 11.3 Å². The van der Waals surface area contributed by atoms with E-state index in [4.69, 9.17) is 14.7 Å². The number of morpholine rings is 1. The van der Waals surface area contributed by atoms with E-state index in [9.17, 15) is 0 Å². The molecule has 1 aliphatic rings. The third-order valence-electron chi connectivity index (χ3n) is 5.56. The lowest BCUT2D eigenvalue weighted by Gasteiger charge is -2.32. The van der Waals surface area contributed by atoms with Crippen molar-refractivity contribution in [1.82, 2.24) is 24.3 Å². The van der Waals surface area contributed by atoms with Crippen LogP contribution in [0.25, 0.3) is 5.65 Å². The zero-order valence-electron chi connectivity index (χ0n) is 18.0. The van der Waals surface area contributed by atoms with E-state index in [2.05, 4.69) is 51.8 Å². The quantitative estimate of drug-likeness (QED) is 0.501. The Balaban J connectivity index is 1.32. The molecular weight excluding hydrogens is 408 g/mol. The number of hydrogen-bond donors (Lipinski definition) is 1. The number of anilines is 2. The highest BCUT2D eigenvalue weighted by molar-refractivity contribution is 7.13. The minimum absolute atomic E-state index is 0.0599. The molecule has 8 heteroatoms. The second kappa shape index (κ2) is 8.37. The number of imidazole rings is 1. The molecule has 7 nitrogen and oxygen atoms in total. The number of rotatable bonds is 5. The van der Waals surface area contributed by atoms with Gasteiger partial charge in [0.1, 0.15) is 17.6 Å². The molecule has 0 saturated carbocycles. The van der Waals surface area contributed by atoms with E-state index in [-0.39, 0.29) is 6.10 Å². The van der Waals surface area contributed by atoms with Crippen molar-refractivity contribution in [1.29, 1.82) is 0 Å². The zero-order chi connectivity index (χ0) is 21.4. The van der Waals surface area contributed by atoms with Crippen LogP contribution in [-0.2, 0) is 11.3 Å². The molecule has 1 N–H and O–H groups in total. The summed E-state index contributed by atoms with van der Waals surface area (Å²) in [6.45, 7) is 9.39. The number of hydrogen-bond acceptors (Lipinski definition) is 7. The summed E-state index contributed by atoms with van der Waals surface area (Å²) in [6, 6.07) is 10.3. The van der Waals surface area contributed by atoms with Gasteiger partial charge in [-0.15, -0.1) is 11.3 Å². The molecule has 1 aliphatic heterocycles. The topological polar surface area (TPSA) is 67.6 Å². The number of ether oxygens (including phenoxy) is 1. The molecule has 1 atom stereocenters. The molecule has 0 spiro atoms. The summed E-state index contributed by atoms with van der Waals surface area (Å²) in [5, 5.41) is 6.18. The van der Waals surface area contributed by atoms with Gasteiger partial charge in [0.15, 0.2) is 5.13 Å². The van der Waals surface area contributed by atoms with Gasteiger partial charge >= 0.3 is 0 Å². The van der Waals surface area contributed by atoms with Crippen LogP contribution in [0.4, 0.5) is 10.9 Å². The maximum atomic E-state index is 6.09. The number of aromatic nitrogens is 4. The van der Waals surface area contributed by atoms with Gasteiger partial charge in [0.05, 0.1) is 29.4 Å². The Labute approximate surface area is 185 Å². The average Bonchev–Trinajstić information content (AvgIpc) is 3.30. The lowest BCUT2D eigenvalue weighted by atomic mass is 10.1. The molecule has 0 aromatic carbocycles. The normalized spacial score (nSPS) is 17.3. The average molecular weight is 435 g/mol. The molecule has 4 aromatic heterocycles. The van der Waals surface area contributed by atoms with Crippen molar-refractivity contribution < 1.29 is 4.74 Å². The Hall–Kier alpha value is -2.81. The molecule has 160 valence electrons. The molecule has 31 heavy (non-hydrogen) atoms. The first-order valence-electron chi connectivity index (χ1n) is 10.5. The summed E-state index contributed by atoms with van der Waals surface area (Å²) in [6.07, 6.45) is 2.06. The molecule has 0 amide bonds. The Morgan fingerprint density at radius 3 is 2.90 bits per heavy atom. The number of aryl methyl sites for hydroxylation is 3. The maximum Gasteiger partial charge on any atom is 0.188 e. The van der Waals surface area contributed by atoms with Gasteiger partial charge in [0.25, 0.3) is 0 Å². The van der Waals surface area contributed by atoms with Gasteiger partial charge in [-0.2, -0.15) is 0 Å². The van der Waals surface area contributed by atoms with Crippen LogP contribution in [0.1, 0.15) is 34.4 Å². The highest BCUT2D eigenvalue weighted by Crippen LogP contribution is 2.26. The fourth-order valence-corrected chi connectivity index (χ4v) is 4.66. The van der Waals surface area contributed by atoms with Crippen molar-refractivity contribution in [2.75, 3.05) is 25.0 Å². The summed E-state index contributed by atoms with van der Waals surface area (Å²) in [4.78, 5) is 16.4. The molecule has 5 rings (SSSR count). The van der Waals surface area contributed by atoms with Crippen molar-refractivity contribution >= 4 is 27.9 Å². The first kappa shape index (κ1) is 20.1. The minimum atomic E-state index is -0.0599. The summed E-state index contributed by atoms with van der Waals surface area (Å²) >= 11 is 1.58. The van der Waals surface area contributed by atoms with Crippen LogP contribution in [0, 0.1) is 20.8 Å². The molecule has 5 heterocycles. The SMILES string of the molecule is Cc1ccn2c(CN3CCO[C@@H](c4cccc(Nc5nc(C)cs5)n4)C3)c(C)nc2c1. The van der Waals surface area contributed by atoms with Crippen LogP contribution in [0.2, 0.25) is 0 Å². The number of nitrogens with zero attached hydrogens (tertiary/aromatic N) is 5. The van der Waals surface area contributed by atoms with Gasteiger partial charge in [0.2, 0.25) is 0 Å². The van der Waals surface area contributed by atoms with E-state index < -0.39 is 0 Å². The summed E-state index contributed by atoms with van der Waals surface area (Å²) < 4.78 is 8.29. The summed E-state index contributed by atoms with van der Waals surface area (Å²) in [5.74, 6) is 0.792. The van der Waals surface area contributed by atoms with Gasteiger partial charge in [-0.3, -0.25) is 4.90 Å². The third-order valence-corrected chi connectivity index (χ3v) is 6.43. The lowest BCUT2D eigenvalue weighted by molar-refractivity contribution is -0.0354. The minimum Gasteiger partial charge on any atom is -0.369 e. The van der Waals surface area contributed by atoms with Gasteiger partial charge in [-0.1, -0.05) is 6.07 Å². The second-order valence-electron chi connectivity index (χ2n) is 8.04. The van der Waals surface area contributed by atoms with E-state index in [0.717, 1.165) is 53.3 Å².